The maximum atomic E-state index is 12.8. The molecule has 1 aromatic carbocycles. The van der Waals surface area contributed by atoms with Crippen LogP contribution >= 0.6 is 0 Å². The SMILES string of the molecule is Cc1ccc(-c2cnc(N)nc2Nc2c(C)c(C)nn2C)cc1S(=O)(=O)C(C)C. The Morgan fingerprint density at radius 1 is 1.17 bits per heavy atom. The molecule has 0 radical (unpaired) electrons. The summed E-state index contributed by atoms with van der Waals surface area (Å²) < 4.78 is 27.3. The average Bonchev–Trinajstić information content (AvgIpc) is 2.88. The van der Waals surface area contributed by atoms with Gasteiger partial charge in [-0.3, -0.25) is 4.68 Å². The second kappa shape index (κ2) is 7.47. The molecule has 0 saturated heterocycles. The van der Waals surface area contributed by atoms with Gasteiger partial charge in [-0.2, -0.15) is 10.1 Å². The predicted octanol–water partition coefficient (Wildman–Crippen LogP) is 3.31. The minimum absolute atomic E-state index is 0.120. The molecule has 3 aromatic rings. The molecule has 0 fully saturated rings. The van der Waals surface area contributed by atoms with E-state index in [1.807, 2.05) is 27.0 Å². The average molecular weight is 415 g/mol. The van der Waals surface area contributed by atoms with Crippen LogP contribution in [0.15, 0.2) is 29.3 Å². The molecule has 0 bridgehead atoms. The summed E-state index contributed by atoms with van der Waals surface area (Å²) in [4.78, 5) is 8.77. The number of hydrogen-bond acceptors (Lipinski definition) is 7. The zero-order valence-corrected chi connectivity index (χ0v) is 18.3. The lowest BCUT2D eigenvalue weighted by Crippen LogP contribution is -2.15. The van der Waals surface area contributed by atoms with Gasteiger partial charge in [-0.15, -0.1) is 0 Å². The van der Waals surface area contributed by atoms with Crippen molar-refractivity contribution in [1.29, 1.82) is 0 Å². The number of aryl methyl sites for hydroxylation is 3. The molecule has 3 N–H and O–H groups in total. The molecule has 2 aromatic heterocycles. The van der Waals surface area contributed by atoms with Gasteiger partial charge in [0.15, 0.2) is 9.84 Å². The first-order chi connectivity index (χ1) is 13.5. The minimum Gasteiger partial charge on any atom is -0.368 e. The highest BCUT2D eigenvalue weighted by Crippen LogP contribution is 2.33. The van der Waals surface area contributed by atoms with Crippen LogP contribution in [0.1, 0.15) is 30.7 Å². The van der Waals surface area contributed by atoms with Crippen LogP contribution in [0.4, 0.5) is 17.6 Å². The van der Waals surface area contributed by atoms with Gasteiger partial charge in [0.25, 0.3) is 0 Å². The number of anilines is 3. The van der Waals surface area contributed by atoms with Crippen LogP contribution in [-0.2, 0) is 16.9 Å². The Kier molecular flexibility index (Phi) is 5.36. The van der Waals surface area contributed by atoms with Crippen LogP contribution in [0.25, 0.3) is 11.1 Å². The van der Waals surface area contributed by atoms with Gasteiger partial charge in [0, 0.05) is 24.4 Å². The van der Waals surface area contributed by atoms with Crippen molar-refractivity contribution in [1.82, 2.24) is 19.7 Å². The van der Waals surface area contributed by atoms with Gasteiger partial charge in [-0.25, -0.2) is 13.4 Å². The highest BCUT2D eigenvalue weighted by Gasteiger charge is 2.23. The Bertz CT molecular complexity index is 1180. The van der Waals surface area contributed by atoms with Crippen molar-refractivity contribution in [3.05, 3.63) is 41.2 Å². The Hall–Kier alpha value is -2.94. The third-order valence-electron chi connectivity index (χ3n) is 4.99. The van der Waals surface area contributed by atoms with Crippen molar-refractivity contribution in [2.24, 2.45) is 7.05 Å². The van der Waals surface area contributed by atoms with Crippen molar-refractivity contribution in [2.75, 3.05) is 11.1 Å². The summed E-state index contributed by atoms with van der Waals surface area (Å²) in [6.07, 6.45) is 1.60. The van der Waals surface area contributed by atoms with Crippen molar-refractivity contribution >= 4 is 27.4 Å². The normalized spacial score (nSPS) is 11.8. The van der Waals surface area contributed by atoms with Crippen LogP contribution in [-0.4, -0.2) is 33.4 Å². The lowest BCUT2D eigenvalue weighted by atomic mass is 10.1. The molecule has 0 aliphatic carbocycles. The number of nitrogens with two attached hydrogens (primary N) is 1. The van der Waals surface area contributed by atoms with Crippen molar-refractivity contribution < 1.29 is 8.42 Å². The molecule has 0 aliphatic rings. The van der Waals surface area contributed by atoms with Crippen LogP contribution in [0, 0.1) is 20.8 Å². The first kappa shape index (κ1) is 20.8. The maximum Gasteiger partial charge on any atom is 0.221 e. The van der Waals surface area contributed by atoms with E-state index in [0.717, 1.165) is 17.1 Å². The first-order valence-electron chi connectivity index (χ1n) is 9.27. The van der Waals surface area contributed by atoms with Crippen molar-refractivity contribution in [2.45, 2.75) is 44.8 Å². The van der Waals surface area contributed by atoms with Crippen molar-refractivity contribution in [3.63, 3.8) is 0 Å². The fourth-order valence-corrected chi connectivity index (χ4v) is 4.40. The Labute approximate surface area is 171 Å². The summed E-state index contributed by atoms with van der Waals surface area (Å²) in [7, 11) is -1.59. The molecule has 0 aliphatic heterocycles. The number of nitrogen functional groups attached to an aromatic ring is 1. The molecule has 8 nitrogen and oxygen atoms in total. The molecule has 0 unspecified atom stereocenters. The first-order valence-corrected chi connectivity index (χ1v) is 10.8. The van der Waals surface area contributed by atoms with Gasteiger partial charge in [0.05, 0.1) is 15.8 Å². The zero-order valence-electron chi connectivity index (χ0n) is 17.5. The third-order valence-corrected chi connectivity index (χ3v) is 7.29. The fraction of sp³-hybridized carbons (Fsp3) is 0.350. The zero-order chi connectivity index (χ0) is 21.5. The molecule has 29 heavy (non-hydrogen) atoms. The summed E-state index contributed by atoms with van der Waals surface area (Å²) >= 11 is 0. The molecular formula is C20H26N6O2S. The number of nitrogens with zero attached hydrogens (tertiary/aromatic N) is 4. The maximum absolute atomic E-state index is 12.8. The van der Waals surface area contributed by atoms with E-state index < -0.39 is 15.1 Å². The van der Waals surface area contributed by atoms with E-state index in [1.165, 1.54) is 0 Å². The fourth-order valence-electron chi connectivity index (χ4n) is 3.08. The van der Waals surface area contributed by atoms with E-state index in [0.29, 0.717) is 27.4 Å². The topological polar surface area (TPSA) is 116 Å². The van der Waals surface area contributed by atoms with E-state index >= 15 is 0 Å². The predicted molar refractivity (Wildman–Crippen MR) is 115 cm³/mol. The number of hydrogen-bond donors (Lipinski definition) is 2. The summed E-state index contributed by atoms with van der Waals surface area (Å²) in [6.45, 7) is 9.04. The van der Waals surface area contributed by atoms with Gasteiger partial charge < -0.3 is 11.1 Å². The van der Waals surface area contributed by atoms with Crippen LogP contribution in [0.2, 0.25) is 0 Å². The van der Waals surface area contributed by atoms with Crippen LogP contribution < -0.4 is 11.1 Å². The number of rotatable bonds is 5. The highest BCUT2D eigenvalue weighted by atomic mass is 32.2. The molecule has 9 heteroatoms. The lowest BCUT2D eigenvalue weighted by molar-refractivity contribution is 0.587. The summed E-state index contributed by atoms with van der Waals surface area (Å²) in [5, 5.41) is 7.18. The number of benzene rings is 1. The molecule has 0 saturated carbocycles. The standard InChI is InChI=1S/C20H26N6O2S/c1-11(2)29(27,28)17-9-15(8-7-12(17)3)16-10-22-20(21)24-18(16)23-19-13(4)14(5)25-26(19)6/h7-11H,1-6H3,(H3,21,22,23,24). The second-order valence-corrected chi connectivity index (χ2v) is 9.84. The molecule has 0 spiro atoms. The van der Waals surface area contributed by atoms with Crippen LogP contribution in [0.3, 0.4) is 0 Å². The van der Waals surface area contributed by atoms with E-state index in [-0.39, 0.29) is 5.95 Å². The Morgan fingerprint density at radius 2 is 1.86 bits per heavy atom. The molecule has 0 atom stereocenters. The van der Waals surface area contributed by atoms with E-state index in [4.69, 9.17) is 5.73 Å². The Morgan fingerprint density at radius 3 is 2.45 bits per heavy atom. The minimum atomic E-state index is -3.43. The van der Waals surface area contributed by atoms with Gasteiger partial charge in [-0.1, -0.05) is 12.1 Å². The van der Waals surface area contributed by atoms with E-state index in [9.17, 15) is 8.42 Å². The van der Waals surface area contributed by atoms with Gasteiger partial charge >= 0.3 is 0 Å². The van der Waals surface area contributed by atoms with Crippen LogP contribution in [0.5, 0.6) is 0 Å². The quantitative estimate of drug-likeness (QED) is 0.658. The van der Waals surface area contributed by atoms with Gasteiger partial charge in [0.1, 0.15) is 11.6 Å². The monoisotopic (exact) mass is 414 g/mol. The molecule has 2 heterocycles. The Balaban J connectivity index is 2.16. The molecule has 0 amide bonds. The van der Waals surface area contributed by atoms with Crippen molar-refractivity contribution in [3.8, 4) is 11.1 Å². The van der Waals surface area contributed by atoms with E-state index in [1.54, 1.807) is 43.8 Å². The summed E-state index contributed by atoms with van der Waals surface area (Å²) in [5.74, 6) is 1.39. The third kappa shape index (κ3) is 3.82. The summed E-state index contributed by atoms with van der Waals surface area (Å²) in [5.41, 5.74) is 9.75. The lowest BCUT2D eigenvalue weighted by Gasteiger charge is -2.15. The van der Waals surface area contributed by atoms with E-state index in [2.05, 4.69) is 20.4 Å². The summed E-state index contributed by atoms with van der Waals surface area (Å²) in [6, 6.07) is 5.33. The number of nitrogens with one attached hydrogen (secondary N) is 1. The van der Waals surface area contributed by atoms with Gasteiger partial charge in [0.2, 0.25) is 5.95 Å². The molecule has 154 valence electrons. The molecular weight excluding hydrogens is 388 g/mol. The smallest absolute Gasteiger partial charge is 0.221 e. The largest absolute Gasteiger partial charge is 0.368 e. The second-order valence-electron chi connectivity index (χ2n) is 7.37. The highest BCUT2D eigenvalue weighted by molar-refractivity contribution is 7.92. The number of aromatic nitrogens is 4. The number of sulfone groups is 1. The van der Waals surface area contributed by atoms with Gasteiger partial charge in [-0.05, 0) is 51.8 Å². The molecule has 3 rings (SSSR count).